The van der Waals surface area contributed by atoms with Gasteiger partial charge in [-0.3, -0.25) is 4.79 Å². The van der Waals surface area contributed by atoms with E-state index in [0.29, 0.717) is 0 Å². The minimum Gasteiger partial charge on any atom is -0.394 e. The first-order chi connectivity index (χ1) is 13.7. The van der Waals surface area contributed by atoms with E-state index in [0.717, 1.165) is 0 Å². The van der Waals surface area contributed by atoms with Crippen molar-refractivity contribution < 1.29 is 54.4 Å². The molecule has 0 aromatic carbocycles. The Labute approximate surface area is 166 Å². The summed E-state index contributed by atoms with van der Waals surface area (Å²) >= 11 is 0. The number of carbonyl (C=O) groups is 1. The van der Waals surface area contributed by atoms with Gasteiger partial charge in [0.2, 0.25) is 5.91 Å². The van der Waals surface area contributed by atoms with Crippen molar-refractivity contribution in [3.63, 3.8) is 0 Å². The Morgan fingerprint density at radius 1 is 1.00 bits per heavy atom. The van der Waals surface area contributed by atoms with Crippen molar-refractivity contribution in [2.24, 2.45) is 0 Å². The van der Waals surface area contributed by atoms with Crippen LogP contribution in [0.5, 0.6) is 0 Å². The van der Waals surface area contributed by atoms with Crippen molar-refractivity contribution >= 4 is 5.91 Å². The number of hydrogen-bond acceptors (Lipinski definition) is 11. The minimum atomic E-state index is -1.73. The highest BCUT2D eigenvalue weighted by Gasteiger charge is 2.51. The third-order valence-electron chi connectivity index (χ3n) is 4.69. The smallest absolute Gasteiger partial charge is 0.217 e. The van der Waals surface area contributed by atoms with Gasteiger partial charge in [-0.25, -0.2) is 0 Å². The van der Waals surface area contributed by atoms with Crippen molar-refractivity contribution in [3.8, 4) is 12.3 Å². The van der Waals surface area contributed by atoms with Gasteiger partial charge in [0.15, 0.2) is 12.6 Å². The van der Waals surface area contributed by atoms with Gasteiger partial charge in [0.1, 0.15) is 55.4 Å². The van der Waals surface area contributed by atoms with E-state index in [4.69, 9.17) is 25.4 Å². The predicted molar refractivity (Wildman–Crippen MR) is 92.8 cm³/mol. The molecule has 0 aliphatic carbocycles. The summed E-state index contributed by atoms with van der Waals surface area (Å²) in [5.74, 6) is 1.71. The third-order valence-corrected chi connectivity index (χ3v) is 4.69. The Bertz CT molecular complexity index is 582. The lowest BCUT2D eigenvalue weighted by Gasteiger charge is -2.47. The maximum atomic E-state index is 11.5. The number of rotatable bonds is 7. The third kappa shape index (κ3) is 5.41. The molecule has 12 heteroatoms. The molecular weight excluding hydrogens is 394 g/mol. The second-order valence-corrected chi connectivity index (χ2v) is 6.76. The maximum Gasteiger partial charge on any atom is 0.217 e. The standard InChI is InChI=1S/C17H27NO11/c1-3-4-26-16-10(18-7(2)21)12(23)15(9(6-20)28-16)29-17-14(25)13(24)11(22)8(5-19)27-17/h1,8-17,19-20,22-25H,4-6H2,2H3,(H,18,21)/t8-,9?,10?,11-,12-,13?,14?,15+,16-,17-/m1/s1. The van der Waals surface area contributed by atoms with Crippen LogP contribution in [0.4, 0.5) is 0 Å². The lowest BCUT2D eigenvalue weighted by Crippen LogP contribution is -2.67. The molecule has 2 rings (SSSR count). The molecule has 0 bridgehead atoms. The van der Waals surface area contributed by atoms with Gasteiger partial charge in [-0.1, -0.05) is 5.92 Å². The Hall–Kier alpha value is -1.37. The zero-order valence-electron chi connectivity index (χ0n) is 15.7. The Morgan fingerprint density at radius 2 is 1.62 bits per heavy atom. The zero-order valence-corrected chi connectivity index (χ0v) is 15.7. The molecule has 2 aliphatic rings. The van der Waals surface area contributed by atoms with E-state index in [-0.39, 0.29) is 6.61 Å². The Kier molecular flexibility index (Phi) is 8.73. The molecule has 10 atom stereocenters. The molecule has 2 fully saturated rings. The lowest BCUT2D eigenvalue weighted by molar-refractivity contribution is -0.347. The van der Waals surface area contributed by atoms with E-state index in [1.165, 1.54) is 6.92 Å². The maximum absolute atomic E-state index is 11.5. The van der Waals surface area contributed by atoms with Crippen molar-refractivity contribution in [2.75, 3.05) is 19.8 Å². The van der Waals surface area contributed by atoms with Gasteiger partial charge in [0, 0.05) is 6.92 Å². The second kappa shape index (κ2) is 10.6. The summed E-state index contributed by atoms with van der Waals surface area (Å²) in [5.41, 5.74) is 0. The van der Waals surface area contributed by atoms with Gasteiger partial charge in [-0.15, -0.1) is 6.42 Å². The quantitative estimate of drug-likeness (QED) is 0.196. The summed E-state index contributed by atoms with van der Waals surface area (Å²) in [4.78, 5) is 11.5. The summed E-state index contributed by atoms with van der Waals surface area (Å²) in [5, 5.41) is 62.0. The van der Waals surface area contributed by atoms with Crippen LogP contribution in [0.1, 0.15) is 6.92 Å². The summed E-state index contributed by atoms with van der Waals surface area (Å²) in [7, 11) is 0. The van der Waals surface area contributed by atoms with Gasteiger partial charge in [0.05, 0.1) is 13.2 Å². The zero-order chi connectivity index (χ0) is 21.7. The van der Waals surface area contributed by atoms with Crippen LogP contribution in [0.2, 0.25) is 0 Å². The van der Waals surface area contributed by atoms with Crippen LogP contribution in [0.25, 0.3) is 0 Å². The molecular formula is C17H27NO11. The van der Waals surface area contributed by atoms with E-state index in [2.05, 4.69) is 11.2 Å². The average Bonchev–Trinajstić information content (AvgIpc) is 2.69. The molecule has 0 spiro atoms. The van der Waals surface area contributed by atoms with Gasteiger partial charge in [-0.05, 0) is 0 Å². The molecule has 2 heterocycles. The van der Waals surface area contributed by atoms with Crippen molar-refractivity contribution in [1.29, 1.82) is 0 Å². The number of aliphatic hydroxyl groups is 6. The van der Waals surface area contributed by atoms with Crippen molar-refractivity contribution in [2.45, 2.75) is 68.3 Å². The minimum absolute atomic E-state index is 0.191. The first kappa shape index (κ1) is 23.9. The van der Waals surface area contributed by atoms with Gasteiger partial charge < -0.3 is 54.9 Å². The van der Waals surface area contributed by atoms with Crippen LogP contribution >= 0.6 is 0 Å². The number of terminal acetylenes is 1. The van der Waals surface area contributed by atoms with E-state index in [9.17, 15) is 35.4 Å². The number of carbonyl (C=O) groups excluding carboxylic acids is 1. The number of nitrogens with one attached hydrogen (secondary N) is 1. The van der Waals surface area contributed by atoms with E-state index in [1.807, 2.05) is 0 Å². The van der Waals surface area contributed by atoms with Crippen LogP contribution in [-0.4, -0.2) is 118 Å². The number of amides is 1. The SMILES string of the molecule is C#CCO[C@@H]1OC(CO)[C@H](O[C@H]2O[C@H](CO)[C@@H](O)C(O)C2O)[C@H](O)C1NC(C)=O. The molecule has 0 radical (unpaired) electrons. The van der Waals surface area contributed by atoms with Crippen LogP contribution in [-0.2, 0) is 23.7 Å². The summed E-state index contributed by atoms with van der Waals surface area (Å²) in [6.07, 6.45) is -7.90. The molecule has 2 saturated heterocycles. The van der Waals surface area contributed by atoms with Crippen LogP contribution in [0.15, 0.2) is 0 Å². The molecule has 166 valence electrons. The highest BCUT2D eigenvalue weighted by molar-refractivity contribution is 5.73. The molecule has 1 amide bonds. The molecule has 0 aromatic rings. The van der Waals surface area contributed by atoms with Crippen molar-refractivity contribution in [1.82, 2.24) is 5.32 Å². The number of aliphatic hydroxyl groups excluding tert-OH is 6. The number of hydrogen-bond donors (Lipinski definition) is 7. The average molecular weight is 421 g/mol. The fourth-order valence-corrected chi connectivity index (χ4v) is 3.23. The first-order valence-electron chi connectivity index (χ1n) is 8.97. The predicted octanol–water partition coefficient (Wildman–Crippen LogP) is -4.60. The van der Waals surface area contributed by atoms with Crippen LogP contribution in [0, 0.1) is 12.3 Å². The molecule has 7 N–H and O–H groups in total. The topological polar surface area (TPSA) is 187 Å². The van der Waals surface area contributed by atoms with Crippen LogP contribution in [0.3, 0.4) is 0 Å². The second-order valence-electron chi connectivity index (χ2n) is 6.76. The number of ether oxygens (including phenoxy) is 4. The fourth-order valence-electron chi connectivity index (χ4n) is 3.23. The summed E-state index contributed by atoms with van der Waals surface area (Å²) in [6, 6.07) is -1.14. The van der Waals surface area contributed by atoms with Crippen molar-refractivity contribution in [3.05, 3.63) is 0 Å². The summed E-state index contributed by atoms with van der Waals surface area (Å²) < 4.78 is 21.6. The fraction of sp³-hybridized carbons (Fsp3) is 0.824. The molecule has 29 heavy (non-hydrogen) atoms. The summed E-state index contributed by atoms with van der Waals surface area (Å²) in [6.45, 7) is -0.295. The van der Waals surface area contributed by atoms with Gasteiger partial charge in [-0.2, -0.15) is 0 Å². The van der Waals surface area contributed by atoms with Gasteiger partial charge in [0.25, 0.3) is 0 Å². The van der Waals surface area contributed by atoms with E-state index >= 15 is 0 Å². The largest absolute Gasteiger partial charge is 0.394 e. The molecule has 0 aromatic heterocycles. The monoisotopic (exact) mass is 421 g/mol. The Balaban J connectivity index is 2.21. The Morgan fingerprint density at radius 3 is 2.17 bits per heavy atom. The van der Waals surface area contributed by atoms with Gasteiger partial charge >= 0.3 is 0 Å². The molecule has 2 aliphatic heterocycles. The van der Waals surface area contributed by atoms with Crippen LogP contribution < -0.4 is 5.32 Å². The van der Waals surface area contributed by atoms with E-state index in [1.54, 1.807) is 0 Å². The molecule has 4 unspecified atom stereocenters. The first-order valence-corrected chi connectivity index (χ1v) is 8.97. The molecule has 0 saturated carbocycles. The highest BCUT2D eigenvalue weighted by atomic mass is 16.7. The molecule has 12 nitrogen and oxygen atoms in total. The highest BCUT2D eigenvalue weighted by Crippen LogP contribution is 2.29. The normalized spacial score (nSPS) is 42.8. The van der Waals surface area contributed by atoms with E-state index < -0.39 is 80.5 Å². The lowest BCUT2D eigenvalue weighted by atomic mass is 9.95.